The average Bonchev–Trinajstić information content (AvgIpc) is 2.37. The number of anilines is 1. The summed E-state index contributed by atoms with van der Waals surface area (Å²) >= 11 is 0. The van der Waals surface area contributed by atoms with Gasteiger partial charge in [0, 0.05) is 19.1 Å². The Balaban J connectivity index is 2.42. The summed E-state index contributed by atoms with van der Waals surface area (Å²) in [4.78, 5) is 2.00. The molecule has 0 saturated carbocycles. The van der Waals surface area contributed by atoms with Crippen LogP contribution in [0.2, 0.25) is 0 Å². The summed E-state index contributed by atoms with van der Waals surface area (Å²) in [6.45, 7) is 5.32. The lowest BCUT2D eigenvalue weighted by molar-refractivity contribution is 0.0504. The zero-order valence-corrected chi connectivity index (χ0v) is 11.6. The monoisotopic (exact) mass is 268 g/mol. The quantitative estimate of drug-likeness (QED) is 0.605. The highest BCUT2D eigenvalue weighted by atomic mass is 16.5. The number of benzene rings is 1. The second kappa shape index (κ2) is 7.99. The molecule has 0 amide bonds. The Morgan fingerprint density at radius 3 is 2.58 bits per heavy atom. The molecule has 4 N–H and O–H groups in total. The molecule has 0 saturated heterocycles. The van der Waals surface area contributed by atoms with Crippen molar-refractivity contribution in [1.82, 2.24) is 4.90 Å². The predicted octanol–water partition coefficient (Wildman–Crippen LogP) is 0.711. The molecule has 0 aromatic heterocycles. The smallest absolute Gasteiger partial charge is 0.142 e. The number of para-hydroxylation sites is 2. The van der Waals surface area contributed by atoms with Crippen molar-refractivity contribution in [3.05, 3.63) is 24.3 Å². The van der Waals surface area contributed by atoms with Crippen molar-refractivity contribution >= 4 is 5.69 Å². The van der Waals surface area contributed by atoms with Crippen molar-refractivity contribution in [3.8, 4) is 5.75 Å². The highest BCUT2D eigenvalue weighted by Gasteiger charge is 2.15. The summed E-state index contributed by atoms with van der Waals surface area (Å²) in [6.07, 6.45) is -0.617. The van der Waals surface area contributed by atoms with Gasteiger partial charge in [-0.25, -0.2) is 0 Å². The van der Waals surface area contributed by atoms with E-state index in [0.29, 0.717) is 24.5 Å². The molecule has 1 aromatic rings. The third kappa shape index (κ3) is 5.46. The lowest BCUT2D eigenvalue weighted by atomic mass is 10.2. The van der Waals surface area contributed by atoms with Gasteiger partial charge in [-0.2, -0.15) is 0 Å². The van der Waals surface area contributed by atoms with Crippen LogP contribution in [0.3, 0.4) is 0 Å². The lowest BCUT2D eigenvalue weighted by Gasteiger charge is -2.27. The molecule has 0 fully saturated rings. The molecule has 0 aliphatic rings. The molecular formula is C14H24N2O3. The Hall–Kier alpha value is -1.30. The van der Waals surface area contributed by atoms with Crippen molar-refractivity contribution in [2.75, 3.05) is 32.0 Å². The van der Waals surface area contributed by atoms with E-state index in [1.54, 1.807) is 12.1 Å². The molecule has 0 radical (unpaired) electrons. The number of hydrogen-bond donors (Lipinski definition) is 3. The van der Waals surface area contributed by atoms with Gasteiger partial charge in [-0.1, -0.05) is 12.1 Å². The lowest BCUT2D eigenvalue weighted by Crippen LogP contribution is -2.41. The first kappa shape index (κ1) is 15.8. The number of hydrogen-bond acceptors (Lipinski definition) is 5. The third-order valence-electron chi connectivity index (χ3n) is 2.91. The van der Waals surface area contributed by atoms with Crippen molar-refractivity contribution in [2.24, 2.45) is 0 Å². The van der Waals surface area contributed by atoms with Crippen LogP contribution in [0.4, 0.5) is 5.69 Å². The Kier molecular flexibility index (Phi) is 6.62. The highest BCUT2D eigenvalue weighted by molar-refractivity contribution is 5.51. The third-order valence-corrected chi connectivity index (χ3v) is 2.91. The molecule has 108 valence electrons. The van der Waals surface area contributed by atoms with E-state index in [9.17, 15) is 5.11 Å². The molecule has 0 spiro atoms. The molecule has 0 aliphatic carbocycles. The number of nitrogen functional groups attached to an aromatic ring is 1. The maximum Gasteiger partial charge on any atom is 0.142 e. The number of nitrogens with zero attached hydrogens (tertiary/aromatic N) is 1. The van der Waals surface area contributed by atoms with Gasteiger partial charge >= 0.3 is 0 Å². The summed E-state index contributed by atoms with van der Waals surface area (Å²) < 4.78 is 5.49. The first-order valence-electron chi connectivity index (χ1n) is 6.55. The second-order valence-corrected chi connectivity index (χ2v) is 4.81. The standard InChI is InChI=1S/C14H24N2O3/c1-11(2)16(7-8-17)9-12(18)10-19-14-6-4-3-5-13(14)15/h3-6,11-12,17-18H,7-10,15H2,1-2H3. The van der Waals surface area contributed by atoms with Crippen LogP contribution in [0.1, 0.15) is 13.8 Å². The first-order chi connectivity index (χ1) is 9.04. The Morgan fingerprint density at radius 2 is 2.00 bits per heavy atom. The molecule has 0 bridgehead atoms. The molecule has 19 heavy (non-hydrogen) atoms. The topological polar surface area (TPSA) is 79.0 Å². The fourth-order valence-electron chi connectivity index (χ4n) is 1.81. The number of ether oxygens (including phenoxy) is 1. The molecule has 1 unspecified atom stereocenters. The van der Waals surface area contributed by atoms with Crippen LogP contribution in [0.5, 0.6) is 5.75 Å². The minimum atomic E-state index is -0.617. The second-order valence-electron chi connectivity index (χ2n) is 4.81. The molecule has 1 aromatic carbocycles. The van der Waals surface area contributed by atoms with Gasteiger partial charge in [0.1, 0.15) is 18.5 Å². The number of aliphatic hydroxyl groups is 2. The van der Waals surface area contributed by atoms with Gasteiger partial charge < -0.3 is 20.7 Å². The van der Waals surface area contributed by atoms with Crippen molar-refractivity contribution < 1.29 is 14.9 Å². The number of nitrogens with two attached hydrogens (primary N) is 1. The maximum atomic E-state index is 9.96. The molecule has 0 aliphatic heterocycles. The summed E-state index contributed by atoms with van der Waals surface area (Å²) in [5.41, 5.74) is 6.31. The normalized spacial score (nSPS) is 12.9. The Bertz CT molecular complexity index is 371. The summed E-state index contributed by atoms with van der Waals surface area (Å²) in [7, 11) is 0. The van der Waals surface area contributed by atoms with Crippen molar-refractivity contribution in [3.63, 3.8) is 0 Å². The van der Waals surface area contributed by atoms with E-state index < -0.39 is 6.10 Å². The van der Waals surface area contributed by atoms with Crippen LogP contribution in [-0.2, 0) is 0 Å². The fraction of sp³-hybridized carbons (Fsp3) is 0.571. The number of rotatable bonds is 8. The maximum absolute atomic E-state index is 9.96. The minimum Gasteiger partial charge on any atom is -0.489 e. The van der Waals surface area contributed by atoms with Crippen LogP contribution in [-0.4, -0.2) is 53.6 Å². The summed E-state index contributed by atoms with van der Waals surface area (Å²) in [6, 6.07) is 7.47. The van der Waals surface area contributed by atoms with E-state index in [2.05, 4.69) is 0 Å². The largest absolute Gasteiger partial charge is 0.489 e. The molecule has 0 heterocycles. The van der Waals surface area contributed by atoms with Crippen LogP contribution in [0, 0.1) is 0 Å². The average molecular weight is 268 g/mol. The molecular weight excluding hydrogens is 244 g/mol. The predicted molar refractivity (Wildman–Crippen MR) is 76.2 cm³/mol. The summed E-state index contributed by atoms with van der Waals surface area (Å²) in [5.74, 6) is 0.583. The van der Waals surface area contributed by atoms with E-state index in [-0.39, 0.29) is 19.3 Å². The van der Waals surface area contributed by atoms with Crippen molar-refractivity contribution in [2.45, 2.75) is 26.0 Å². The Labute approximate surface area is 114 Å². The van der Waals surface area contributed by atoms with E-state index in [4.69, 9.17) is 15.6 Å². The van der Waals surface area contributed by atoms with E-state index >= 15 is 0 Å². The zero-order valence-electron chi connectivity index (χ0n) is 11.6. The van der Waals surface area contributed by atoms with E-state index in [0.717, 1.165) is 0 Å². The molecule has 5 nitrogen and oxygen atoms in total. The van der Waals surface area contributed by atoms with Crippen LogP contribution < -0.4 is 10.5 Å². The van der Waals surface area contributed by atoms with Crippen LogP contribution >= 0.6 is 0 Å². The fourth-order valence-corrected chi connectivity index (χ4v) is 1.81. The van der Waals surface area contributed by atoms with Gasteiger partial charge in [0.05, 0.1) is 12.3 Å². The van der Waals surface area contributed by atoms with Gasteiger partial charge in [-0.15, -0.1) is 0 Å². The molecule has 1 atom stereocenters. The first-order valence-corrected chi connectivity index (χ1v) is 6.55. The van der Waals surface area contributed by atoms with Crippen molar-refractivity contribution in [1.29, 1.82) is 0 Å². The minimum absolute atomic E-state index is 0.0807. The Morgan fingerprint density at radius 1 is 1.32 bits per heavy atom. The summed E-state index contributed by atoms with van der Waals surface area (Å²) in [5, 5.41) is 18.9. The SMILES string of the molecule is CC(C)N(CCO)CC(O)COc1ccccc1N. The van der Waals surface area contributed by atoms with Gasteiger partial charge in [-0.3, -0.25) is 4.90 Å². The van der Waals surface area contributed by atoms with Crippen LogP contribution in [0.15, 0.2) is 24.3 Å². The zero-order chi connectivity index (χ0) is 14.3. The van der Waals surface area contributed by atoms with E-state index in [1.807, 2.05) is 30.9 Å². The highest BCUT2D eigenvalue weighted by Crippen LogP contribution is 2.19. The van der Waals surface area contributed by atoms with Crippen LogP contribution in [0.25, 0.3) is 0 Å². The molecule has 5 heteroatoms. The van der Waals surface area contributed by atoms with Gasteiger partial charge in [-0.05, 0) is 26.0 Å². The van der Waals surface area contributed by atoms with Gasteiger partial charge in [0.25, 0.3) is 0 Å². The number of aliphatic hydroxyl groups excluding tert-OH is 2. The van der Waals surface area contributed by atoms with E-state index in [1.165, 1.54) is 0 Å². The van der Waals surface area contributed by atoms with Gasteiger partial charge in [0.15, 0.2) is 0 Å². The van der Waals surface area contributed by atoms with Gasteiger partial charge in [0.2, 0.25) is 0 Å². The molecule has 1 rings (SSSR count).